The number of unbranched alkanes of at least 4 members (excludes halogenated alkanes) is 1. The second kappa shape index (κ2) is 8.54. The Hall–Kier alpha value is -2.38. The first-order chi connectivity index (χ1) is 13.0. The van der Waals surface area contributed by atoms with Crippen molar-refractivity contribution in [2.24, 2.45) is 0 Å². The summed E-state index contributed by atoms with van der Waals surface area (Å²) < 4.78 is 24.3. The SMILES string of the molecule is CCCCN1C(=O)/C(=C\c2ccc(COc3ccc(F)c(Cl)c3)o2)NC1=S. The fourth-order valence-corrected chi connectivity index (χ4v) is 2.96. The van der Waals surface area contributed by atoms with Gasteiger partial charge in [0.05, 0.1) is 5.02 Å². The molecule has 1 aliphatic rings. The lowest BCUT2D eigenvalue weighted by molar-refractivity contribution is -0.122. The van der Waals surface area contributed by atoms with Gasteiger partial charge in [0.25, 0.3) is 5.91 Å². The smallest absolute Gasteiger partial charge is 0.276 e. The van der Waals surface area contributed by atoms with Crippen molar-refractivity contribution in [1.29, 1.82) is 0 Å². The van der Waals surface area contributed by atoms with E-state index in [9.17, 15) is 9.18 Å². The molecule has 142 valence electrons. The zero-order valence-corrected chi connectivity index (χ0v) is 16.2. The average Bonchev–Trinajstić information content (AvgIpc) is 3.19. The maximum Gasteiger partial charge on any atom is 0.276 e. The van der Waals surface area contributed by atoms with Crippen molar-refractivity contribution in [3.63, 3.8) is 0 Å². The van der Waals surface area contributed by atoms with Crippen LogP contribution in [-0.2, 0) is 11.4 Å². The number of hydrogen-bond donors (Lipinski definition) is 1. The maximum absolute atomic E-state index is 13.2. The second-order valence-electron chi connectivity index (χ2n) is 5.97. The lowest BCUT2D eigenvalue weighted by atomic mass is 10.3. The molecule has 8 heteroatoms. The van der Waals surface area contributed by atoms with Gasteiger partial charge in [-0.05, 0) is 42.9 Å². The van der Waals surface area contributed by atoms with E-state index in [0.717, 1.165) is 12.8 Å². The molecular formula is C19H18ClFN2O3S. The molecule has 0 bridgehead atoms. The third-order valence-corrected chi connectivity index (χ3v) is 4.55. The number of amides is 1. The fraction of sp³-hybridized carbons (Fsp3) is 0.263. The predicted octanol–water partition coefficient (Wildman–Crippen LogP) is 4.51. The summed E-state index contributed by atoms with van der Waals surface area (Å²) in [5, 5.41) is 3.32. The highest BCUT2D eigenvalue weighted by molar-refractivity contribution is 7.80. The highest BCUT2D eigenvalue weighted by atomic mass is 35.5. The topological polar surface area (TPSA) is 54.7 Å². The van der Waals surface area contributed by atoms with Gasteiger partial charge in [0.15, 0.2) is 5.11 Å². The van der Waals surface area contributed by atoms with Crippen molar-refractivity contribution >= 4 is 40.9 Å². The van der Waals surface area contributed by atoms with Crippen molar-refractivity contribution in [3.05, 3.63) is 58.4 Å². The molecule has 1 aromatic heterocycles. The van der Waals surface area contributed by atoms with E-state index in [0.29, 0.717) is 34.6 Å². The molecule has 1 aromatic carbocycles. The van der Waals surface area contributed by atoms with Crippen molar-refractivity contribution in [2.45, 2.75) is 26.4 Å². The summed E-state index contributed by atoms with van der Waals surface area (Å²) in [6.07, 6.45) is 3.47. The van der Waals surface area contributed by atoms with E-state index >= 15 is 0 Å². The highest BCUT2D eigenvalue weighted by Gasteiger charge is 2.30. The van der Waals surface area contributed by atoms with Gasteiger partial charge in [-0.15, -0.1) is 0 Å². The van der Waals surface area contributed by atoms with Gasteiger partial charge in [-0.3, -0.25) is 9.69 Å². The van der Waals surface area contributed by atoms with Crippen molar-refractivity contribution in [1.82, 2.24) is 10.2 Å². The van der Waals surface area contributed by atoms with E-state index in [2.05, 4.69) is 12.2 Å². The number of ether oxygens (including phenoxy) is 1. The quantitative estimate of drug-likeness (QED) is 0.539. The summed E-state index contributed by atoms with van der Waals surface area (Å²) in [5.74, 6) is 0.821. The lowest BCUT2D eigenvalue weighted by Gasteiger charge is -2.12. The summed E-state index contributed by atoms with van der Waals surface area (Å²) >= 11 is 10.9. The molecule has 1 fully saturated rings. The fourth-order valence-electron chi connectivity index (χ4n) is 2.50. The van der Waals surface area contributed by atoms with Crippen LogP contribution in [0.15, 0.2) is 40.4 Å². The van der Waals surface area contributed by atoms with Gasteiger partial charge in [0.2, 0.25) is 0 Å². The molecule has 3 rings (SSSR count). The number of hydrogen-bond acceptors (Lipinski definition) is 4. The van der Waals surface area contributed by atoms with E-state index in [1.807, 2.05) is 0 Å². The summed E-state index contributed by atoms with van der Waals surface area (Å²) in [6.45, 7) is 2.80. The van der Waals surface area contributed by atoms with Crippen LogP contribution in [0.5, 0.6) is 5.75 Å². The normalized spacial score (nSPS) is 15.5. The molecule has 0 atom stereocenters. The molecule has 1 aliphatic heterocycles. The molecule has 0 radical (unpaired) electrons. The number of halogens is 2. The molecule has 27 heavy (non-hydrogen) atoms. The van der Waals surface area contributed by atoms with E-state index in [4.69, 9.17) is 33.0 Å². The summed E-state index contributed by atoms with van der Waals surface area (Å²) in [5.41, 5.74) is 0.378. The molecule has 0 aliphatic carbocycles. The van der Waals surface area contributed by atoms with Gasteiger partial charge < -0.3 is 14.5 Å². The molecule has 1 saturated heterocycles. The van der Waals surface area contributed by atoms with Crippen LogP contribution < -0.4 is 10.1 Å². The number of furan rings is 1. The first-order valence-corrected chi connectivity index (χ1v) is 9.27. The minimum atomic E-state index is -0.504. The number of rotatable bonds is 7. The molecule has 0 unspecified atom stereocenters. The summed E-state index contributed by atoms with van der Waals surface area (Å²) in [4.78, 5) is 14.0. The van der Waals surface area contributed by atoms with Crippen LogP contribution in [0.25, 0.3) is 6.08 Å². The standard InChI is InChI=1S/C19H18ClFN2O3S/c1-2-3-8-23-18(24)17(22-19(23)27)10-13-4-5-14(26-13)11-25-12-6-7-16(21)15(20)9-12/h4-7,9-10H,2-3,8,11H2,1H3,(H,22,27)/b17-10+. The molecule has 1 N–H and O–H groups in total. The van der Waals surface area contributed by atoms with Crippen LogP contribution in [0.2, 0.25) is 5.02 Å². The number of nitrogens with zero attached hydrogens (tertiary/aromatic N) is 1. The molecular weight excluding hydrogens is 391 g/mol. The van der Waals surface area contributed by atoms with Crippen LogP contribution in [0.3, 0.4) is 0 Å². The largest absolute Gasteiger partial charge is 0.486 e. The molecule has 2 aromatic rings. The Kier molecular flexibility index (Phi) is 6.13. The zero-order chi connectivity index (χ0) is 19.4. The Morgan fingerprint density at radius 3 is 2.93 bits per heavy atom. The van der Waals surface area contributed by atoms with E-state index < -0.39 is 5.82 Å². The van der Waals surface area contributed by atoms with Crippen molar-refractivity contribution in [2.75, 3.05) is 6.54 Å². The first kappa shape index (κ1) is 19.4. The molecule has 0 saturated carbocycles. The third-order valence-electron chi connectivity index (χ3n) is 3.94. The van der Waals surface area contributed by atoms with E-state index in [1.54, 1.807) is 23.1 Å². The number of carbonyl (C=O) groups is 1. The number of thiocarbonyl (C=S) groups is 1. The van der Waals surface area contributed by atoms with Gasteiger partial charge in [0.1, 0.15) is 35.4 Å². The number of carbonyl (C=O) groups excluding carboxylic acids is 1. The molecule has 1 amide bonds. The molecule has 0 spiro atoms. The van der Waals surface area contributed by atoms with Crippen LogP contribution in [0, 0.1) is 5.82 Å². The monoisotopic (exact) mass is 408 g/mol. The minimum Gasteiger partial charge on any atom is -0.486 e. The van der Waals surface area contributed by atoms with Gasteiger partial charge >= 0.3 is 0 Å². The van der Waals surface area contributed by atoms with Gasteiger partial charge in [-0.2, -0.15) is 0 Å². The van der Waals surface area contributed by atoms with Gasteiger partial charge in [-0.1, -0.05) is 24.9 Å². The minimum absolute atomic E-state index is 0.00761. The lowest BCUT2D eigenvalue weighted by Crippen LogP contribution is -2.31. The Bertz CT molecular complexity index is 897. The Labute approximate surface area is 166 Å². The Morgan fingerprint density at radius 1 is 1.37 bits per heavy atom. The van der Waals surface area contributed by atoms with Crippen molar-refractivity contribution in [3.8, 4) is 5.75 Å². The van der Waals surface area contributed by atoms with Crippen LogP contribution in [0.4, 0.5) is 4.39 Å². The Balaban J connectivity index is 1.63. The van der Waals surface area contributed by atoms with E-state index in [-0.39, 0.29) is 17.5 Å². The second-order valence-corrected chi connectivity index (χ2v) is 6.76. The summed E-state index contributed by atoms with van der Waals surface area (Å²) in [6, 6.07) is 7.59. The summed E-state index contributed by atoms with van der Waals surface area (Å²) in [7, 11) is 0. The number of nitrogens with one attached hydrogen (secondary N) is 1. The first-order valence-electron chi connectivity index (χ1n) is 8.49. The number of benzene rings is 1. The average molecular weight is 409 g/mol. The van der Waals surface area contributed by atoms with Crippen LogP contribution in [0.1, 0.15) is 31.3 Å². The third kappa shape index (κ3) is 4.67. The van der Waals surface area contributed by atoms with Crippen LogP contribution >= 0.6 is 23.8 Å². The van der Waals surface area contributed by atoms with E-state index in [1.165, 1.54) is 18.2 Å². The molecule has 2 heterocycles. The van der Waals surface area contributed by atoms with Gasteiger partial charge in [-0.25, -0.2) is 4.39 Å². The maximum atomic E-state index is 13.2. The van der Waals surface area contributed by atoms with Crippen molar-refractivity contribution < 1.29 is 18.3 Å². The zero-order valence-electron chi connectivity index (χ0n) is 14.6. The van der Waals surface area contributed by atoms with Crippen LogP contribution in [-0.4, -0.2) is 22.5 Å². The Morgan fingerprint density at radius 2 is 2.19 bits per heavy atom. The highest BCUT2D eigenvalue weighted by Crippen LogP contribution is 2.23. The predicted molar refractivity (Wildman–Crippen MR) is 105 cm³/mol. The van der Waals surface area contributed by atoms with Gasteiger partial charge in [0, 0.05) is 18.7 Å². The molecule has 5 nitrogen and oxygen atoms in total.